The predicted octanol–water partition coefficient (Wildman–Crippen LogP) is 0.501. The average Bonchev–Trinajstić information content (AvgIpc) is 2.69. The predicted molar refractivity (Wildman–Crippen MR) is 56.3 cm³/mol. The maximum absolute atomic E-state index is 10.2. The van der Waals surface area contributed by atoms with E-state index in [9.17, 15) is 9.59 Å². The third-order valence-corrected chi connectivity index (χ3v) is 2.17. The van der Waals surface area contributed by atoms with Gasteiger partial charge in [0.05, 0.1) is 0 Å². The third kappa shape index (κ3) is 4.60. The Labute approximate surface area is 89.5 Å². The number of hydrogen-bond donors (Lipinski definition) is 2. The summed E-state index contributed by atoms with van der Waals surface area (Å²) in [6.07, 6.45) is 7.62. The van der Waals surface area contributed by atoms with Gasteiger partial charge in [-0.05, 0) is 19.3 Å². The lowest BCUT2D eigenvalue weighted by Gasteiger charge is -2.13. The molecule has 1 aliphatic heterocycles. The molecule has 0 aliphatic carbocycles. The second-order valence-corrected chi connectivity index (χ2v) is 3.45. The van der Waals surface area contributed by atoms with E-state index in [1.807, 2.05) is 11.2 Å². The molecule has 0 aromatic carbocycles. The zero-order chi connectivity index (χ0) is 10.9. The van der Waals surface area contributed by atoms with Crippen molar-refractivity contribution in [3.8, 4) is 0 Å². The molecule has 1 rings (SSSR count). The van der Waals surface area contributed by atoms with Crippen molar-refractivity contribution in [3.05, 3.63) is 11.9 Å². The van der Waals surface area contributed by atoms with Gasteiger partial charge in [0.15, 0.2) is 0 Å². The highest BCUT2D eigenvalue weighted by Crippen LogP contribution is 2.06. The molecule has 0 unspecified atom stereocenters. The lowest BCUT2D eigenvalue weighted by molar-refractivity contribution is -0.108. The zero-order valence-corrected chi connectivity index (χ0v) is 8.74. The van der Waals surface area contributed by atoms with Gasteiger partial charge in [-0.1, -0.05) is 0 Å². The lowest BCUT2D eigenvalue weighted by atomic mass is 10.2. The topological polar surface area (TPSA) is 61.4 Å². The first-order valence-corrected chi connectivity index (χ1v) is 5.23. The molecule has 5 nitrogen and oxygen atoms in total. The first kappa shape index (κ1) is 11.7. The highest BCUT2D eigenvalue weighted by molar-refractivity contribution is 5.49. The molecule has 0 amide bonds. The highest BCUT2D eigenvalue weighted by atomic mass is 16.1. The third-order valence-electron chi connectivity index (χ3n) is 2.17. The number of nitrogens with zero attached hydrogens (tertiary/aromatic N) is 1. The van der Waals surface area contributed by atoms with Gasteiger partial charge in [0.1, 0.15) is 12.6 Å². The van der Waals surface area contributed by atoms with Gasteiger partial charge >= 0.3 is 0 Å². The number of hydrazine groups is 2. The van der Waals surface area contributed by atoms with Crippen molar-refractivity contribution in [1.29, 1.82) is 0 Å². The van der Waals surface area contributed by atoms with E-state index in [0.717, 1.165) is 44.1 Å². The zero-order valence-electron chi connectivity index (χ0n) is 8.74. The number of carbonyl (C=O) groups is 2. The molecular weight excluding hydrogens is 194 g/mol. The van der Waals surface area contributed by atoms with Crippen LogP contribution in [-0.4, -0.2) is 24.1 Å². The van der Waals surface area contributed by atoms with Crippen molar-refractivity contribution in [2.45, 2.75) is 32.1 Å². The number of aldehydes is 2. The first-order chi connectivity index (χ1) is 7.36. The second-order valence-electron chi connectivity index (χ2n) is 3.45. The van der Waals surface area contributed by atoms with Crippen LogP contribution in [0.1, 0.15) is 32.1 Å². The van der Waals surface area contributed by atoms with Crippen molar-refractivity contribution in [2.75, 3.05) is 6.54 Å². The summed E-state index contributed by atoms with van der Waals surface area (Å²) >= 11 is 0. The molecule has 84 valence electrons. The lowest BCUT2D eigenvalue weighted by Crippen LogP contribution is -2.36. The minimum absolute atomic E-state index is 0.541. The Hall–Kier alpha value is -1.36. The van der Waals surface area contributed by atoms with Crippen LogP contribution >= 0.6 is 0 Å². The standard InChI is InChI=1S/C10H17N3O2/c14-7-3-1-2-6-13-9-10(11-12-13)5-4-8-15/h7-9,11-12H,1-6H2. The maximum atomic E-state index is 10.2. The molecule has 0 aromatic heterocycles. The summed E-state index contributed by atoms with van der Waals surface area (Å²) in [5.41, 5.74) is 7.00. The van der Waals surface area contributed by atoms with E-state index in [2.05, 4.69) is 11.0 Å². The van der Waals surface area contributed by atoms with Gasteiger partial charge in [-0.15, -0.1) is 5.53 Å². The molecule has 5 heteroatoms. The Kier molecular flexibility index (Phi) is 5.47. The van der Waals surface area contributed by atoms with Gasteiger partial charge in [-0.3, -0.25) is 5.01 Å². The van der Waals surface area contributed by atoms with Crippen LogP contribution in [0.3, 0.4) is 0 Å². The van der Waals surface area contributed by atoms with Crippen LogP contribution < -0.4 is 11.0 Å². The molecular formula is C10H17N3O2. The van der Waals surface area contributed by atoms with Crippen molar-refractivity contribution >= 4 is 12.6 Å². The number of hydrogen-bond acceptors (Lipinski definition) is 5. The van der Waals surface area contributed by atoms with E-state index in [4.69, 9.17) is 0 Å². The van der Waals surface area contributed by atoms with Crippen molar-refractivity contribution < 1.29 is 9.59 Å². The number of allylic oxidation sites excluding steroid dienone is 1. The van der Waals surface area contributed by atoms with Crippen LogP contribution in [0.25, 0.3) is 0 Å². The van der Waals surface area contributed by atoms with Crippen LogP contribution in [0.2, 0.25) is 0 Å². The van der Waals surface area contributed by atoms with E-state index >= 15 is 0 Å². The van der Waals surface area contributed by atoms with Crippen molar-refractivity contribution in [1.82, 2.24) is 16.0 Å². The minimum Gasteiger partial charge on any atom is -0.306 e. The van der Waals surface area contributed by atoms with Crippen molar-refractivity contribution in [3.63, 3.8) is 0 Å². The first-order valence-electron chi connectivity index (χ1n) is 5.23. The summed E-state index contributed by atoms with van der Waals surface area (Å²) in [5, 5.41) is 1.94. The van der Waals surface area contributed by atoms with Gasteiger partial charge in [-0.2, -0.15) is 0 Å². The Bertz CT molecular complexity index is 241. The number of unbranched alkanes of at least 4 members (excludes halogenated alkanes) is 2. The number of nitrogens with one attached hydrogen (secondary N) is 2. The average molecular weight is 211 g/mol. The molecule has 15 heavy (non-hydrogen) atoms. The Morgan fingerprint density at radius 1 is 1.20 bits per heavy atom. The van der Waals surface area contributed by atoms with E-state index in [0.29, 0.717) is 12.8 Å². The van der Waals surface area contributed by atoms with Crippen LogP contribution in [0.5, 0.6) is 0 Å². The van der Waals surface area contributed by atoms with E-state index in [1.54, 1.807) is 0 Å². The molecule has 0 radical (unpaired) electrons. The maximum Gasteiger partial charge on any atom is 0.120 e. The summed E-state index contributed by atoms with van der Waals surface area (Å²) in [4.78, 5) is 20.2. The van der Waals surface area contributed by atoms with Gasteiger partial charge in [-0.25, -0.2) is 0 Å². The van der Waals surface area contributed by atoms with E-state index in [-0.39, 0.29) is 0 Å². The van der Waals surface area contributed by atoms with Gasteiger partial charge in [0.2, 0.25) is 0 Å². The van der Waals surface area contributed by atoms with Gasteiger partial charge in [0.25, 0.3) is 0 Å². The van der Waals surface area contributed by atoms with Crippen molar-refractivity contribution in [2.24, 2.45) is 0 Å². The molecule has 0 aromatic rings. The Morgan fingerprint density at radius 3 is 2.73 bits per heavy atom. The van der Waals surface area contributed by atoms with Gasteiger partial charge < -0.3 is 15.0 Å². The molecule has 0 atom stereocenters. The molecule has 0 fully saturated rings. The molecule has 2 N–H and O–H groups in total. The summed E-state index contributed by atoms with van der Waals surface area (Å²) in [7, 11) is 0. The fourth-order valence-electron chi connectivity index (χ4n) is 1.37. The van der Waals surface area contributed by atoms with Crippen LogP contribution in [0.4, 0.5) is 0 Å². The van der Waals surface area contributed by atoms with Crippen LogP contribution in [0.15, 0.2) is 11.9 Å². The molecule has 1 heterocycles. The molecule has 1 aliphatic rings. The normalized spacial score (nSPS) is 14.7. The fourth-order valence-corrected chi connectivity index (χ4v) is 1.37. The smallest absolute Gasteiger partial charge is 0.120 e. The largest absolute Gasteiger partial charge is 0.306 e. The molecule has 0 spiro atoms. The van der Waals surface area contributed by atoms with E-state index < -0.39 is 0 Å². The summed E-state index contributed by atoms with van der Waals surface area (Å²) in [6.45, 7) is 0.866. The van der Waals surface area contributed by atoms with Gasteiger partial charge in [0, 0.05) is 31.3 Å². The SMILES string of the molecule is O=CCCCCN1C=C(CCC=O)NN1. The monoisotopic (exact) mass is 211 g/mol. The molecule has 0 saturated heterocycles. The summed E-state index contributed by atoms with van der Waals surface area (Å²) in [5.74, 6) is 0. The minimum atomic E-state index is 0.541. The summed E-state index contributed by atoms with van der Waals surface area (Å²) in [6, 6.07) is 0. The fraction of sp³-hybridized carbons (Fsp3) is 0.600. The Balaban J connectivity index is 2.13. The highest BCUT2D eigenvalue weighted by Gasteiger charge is 2.09. The number of carbonyl (C=O) groups excluding carboxylic acids is 2. The quantitative estimate of drug-likeness (QED) is 0.452. The Morgan fingerprint density at radius 2 is 2.00 bits per heavy atom. The van der Waals surface area contributed by atoms with E-state index in [1.165, 1.54) is 0 Å². The van der Waals surface area contributed by atoms with Crippen LogP contribution in [-0.2, 0) is 9.59 Å². The molecule has 0 saturated carbocycles. The number of rotatable bonds is 8. The molecule has 0 bridgehead atoms. The second kappa shape index (κ2) is 7.00. The van der Waals surface area contributed by atoms with Crippen LogP contribution in [0, 0.1) is 0 Å². The summed E-state index contributed by atoms with van der Waals surface area (Å²) < 4.78 is 0.